The molecule has 0 aliphatic carbocycles. The highest BCUT2D eigenvalue weighted by Crippen LogP contribution is 2.52. The zero-order valence-corrected chi connectivity index (χ0v) is 27.3. The molecule has 0 radical (unpaired) electrons. The van der Waals surface area contributed by atoms with Gasteiger partial charge < -0.3 is 10.2 Å². The van der Waals surface area contributed by atoms with E-state index in [4.69, 9.17) is 0 Å². The van der Waals surface area contributed by atoms with Crippen molar-refractivity contribution in [1.29, 1.82) is 0 Å². The lowest BCUT2D eigenvalue weighted by atomic mass is 9.55. The summed E-state index contributed by atoms with van der Waals surface area (Å²) in [7, 11) is -1.02. The van der Waals surface area contributed by atoms with E-state index in [-0.39, 0.29) is 5.41 Å². The minimum Gasteiger partial charge on any atom is -0.355 e. The molecule has 4 heteroatoms. The van der Waals surface area contributed by atoms with Crippen molar-refractivity contribution in [2.24, 2.45) is 0 Å². The number of benzene rings is 6. The van der Waals surface area contributed by atoms with Crippen molar-refractivity contribution >= 4 is 65.1 Å². The molecule has 3 heterocycles. The Balaban J connectivity index is 1.36. The van der Waals surface area contributed by atoms with E-state index in [2.05, 4.69) is 165 Å². The molecule has 0 bridgehead atoms. The highest BCUT2D eigenvalue weighted by molar-refractivity contribution is 7.02. The van der Waals surface area contributed by atoms with Crippen molar-refractivity contribution in [2.75, 3.05) is 10.2 Å². The van der Waals surface area contributed by atoms with Crippen LogP contribution in [0.15, 0.2) is 127 Å². The Hall–Kier alpha value is -4.80. The summed E-state index contributed by atoms with van der Waals surface area (Å²) >= 11 is 0. The van der Waals surface area contributed by atoms with Crippen LogP contribution in [-0.4, -0.2) is 15.4 Å². The van der Waals surface area contributed by atoms with Crippen molar-refractivity contribution in [2.45, 2.75) is 32.4 Å². The van der Waals surface area contributed by atoms with Gasteiger partial charge >= 0.3 is 0 Å². The first-order valence-electron chi connectivity index (χ1n) is 16.1. The van der Waals surface area contributed by atoms with E-state index >= 15 is 0 Å². The maximum atomic E-state index is 3.94. The Morgan fingerprint density at radius 2 is 1.33 bits per heavy atom. The summed E-state index contributed by atoms with van der Waals surface area (Å²) < 4.78 is 0. The first-order chi connectivity index (χ1) is 21.8. The zero-order chi connectivity index (χ0) is 30.5. The van der Waals surface area contributed by atoms with Crippen LogP contribution in [0, 0.1) is 0 Å². The molecule has 3 aliphatic heterocycles. The number of nitrogens with zero attached hydrogens (tertiary/aromatic N) is 1. The average molecular weight is 595 g/mol. The largest absolute Gasteiger partial charge is 0.355 e. The van der Waals surface area contributed by atoms with E-state index in [1.165, 1.54) is 83.1 Å². The summed E-state index contributed by atoms with van der Waals surface area (Å²) in [6.45, 7) is 9.75. The Labute approximate surface area is 267 Å². The molecule has 0 atom stereocenters. The fraction of sp³-hybridized carbons (Fsp3) is 0.122. The molecule has 6 aromatic carbocycles. The lowest BCUT2D eigenvalue weighted by Crippen LogP contribution is -2.57. The van der Waals surface area contributed by atoms with E-state index in [0.717, 1.165) is 7.28 Å². The topological polar surface area (TPSA) is 15.3 Å². The Morgan fingerprint density at radius 1 is 0.622 bits per heavy atom. The third-order valence-electron chi connectivity index (χ3n) is 10.7. The molecule has 2 nitrogen and oxygen atoms in total. The van der Waals surface area contributed by atoms with E-state index in [1.54, 1.807) is 0 Å². The summed E-state index contributed by atoms with van der Waals surface area (Å²) in [5.74, 6) is 0. The lowest BCUT2D eigenvalue weighted by Gasteiger charge is -2.46. The van der Waals surface area contributed by atoms with Crippen LogP contribution in [0.2, 0.25) is 13.1 Å². The van der Waals surface area contributed by atoms with Crippen molar-refractivity contribution in [3.8, 4) is 22.3 Å². The first kappa shape index (κ1) is 26.6. The Kier molecular flexibility index (Phi) is 5.53. The molecule has 216 valence electrons. The SMILES string of the molecule is CC1(C)c2ccccc2N2c3cc(-c4ccccc4)cc(-c4cccc5c4Nc4ccccc4[Si]5(C)C)c3Bc3cccc1c32. The van der Waals surface area contributed by atoms with Gasteiger partial charge in [0, 0.05) is 33.7 Å². The smallest absolute Gasteiger partial charge is 0.198 e. The molecule has 0 saturated heterocycles. The van der Waals surface area contributed by atoms with Gasteiger partial charge in [-0.3, -0.25) is 0 Å². The van der Waals surface area contributed by atoms with Gasteiger partial charge in [0.2, 0.25) is 0 Å². The fourth-order valence-corrected chi connectivity index (χ4v) is 11.3. The van der Waals surface area contributed by atoms with E-state index < -0.39 is 8.07 Å². The fourth-order valence-electron chi connectivity index (χ4n) is 8.33. The van der Waals surface area contributed by atoms with Crippen molar-refractivity contribution in [3.05, 3.63) is 139 Å². The second kappa shape index (κ2) is 9.35. The van der Waals surface area contributed by atoms with Crippen LogP contribution in [0.4, 0.5) is 28.4 Å². The standard InChI is InChI=1S/C41H35BN2Si/c1-41(2)30-17-8-10-21-34(30)44-35-25-27(26-14-6-5-7-15-26)24-29(38(35)42-32-19-13-18-31(41)40(32)44)28-16-12-23-37-39(28)43-33-20-9-11-22-36(33)45(37,3)4/h5-25,42-43H,1-4H3. The first-order valence-corrected chi connectivity index (χ1v) is 19.1. The molecular formula is C41H35BN2Si. The summed E-state index contributed by atoms with van der Waals surface area (Å²) in [6, 6.07) is 47.7. The molecule has 6 aromatic rings. The number of rotatable bonds is 2. The average Bonchev–Trinajstić information content (AvgIpc) is 3.06. The summed E-state index contributed by atoms with van der Waals surface area (Å²) in [5, 5.41) is 6.89. The molecule has 1 N–H and O–H groups in total. The lowest BCUT2D eigenvalue weighted by molar-refractivity contribution is 0.632. The number of anilines is 5. The van der Waals surface area contributed by atoms with Crippen molar-refractivity contribution < 1.29 is 0 Å². The third-order valence-corrected chi connectivity index (χ3v) is 14.2. The summed E-state index contributed by atoms with van der Waals surface area (Å²) in [6.07, 6.45) is 0. The van der Waals surface area contributed by atoms with Gasteiger partial charge in [-0.1, -0.05) is 136 Å². The van der Waals surface area contributed by atoms with Crippen LogP contribution in [-0.2, 0) is 5.41 Å². The quantitative estimate of drug-likeness (QED) is 0.206. The van der Waals surface area contributed by atoms with Gasteiger partial charge in [-0.05, 0) is 67.9 Å². The van der Waals surface area contributed by atoms with Gasteiger partial charge in [0.25, 0.3) is 0 Å². The maximum absolute atomic E-state index is 3.94. The number of para-hydroxylation sites is 4. The van der Waals surface area contributed by atoms with Crippen molar-refractivity contribution in [1.82, 2.24) is 0 Å². The molecule has 0 fully saturated rings. The minimum atomic E-state index is -1.92. The molecule has 0 saturated carbocycles. The minimum absolute atomic E-state index is 0.0815. The van der Waals surface area contributed by atoms with Crippen LogP contribution in [0.3, 0.4) is 0 Å². The molecule has 45 heavy (non-hydrogen) atoms. The number of hydrogen-bond acceptors (Lipinski definition) is 2. The molecule has 0 amide bonds. The van der Waals surface area contributed by atoms with Gasteiger partial charge in [0.1, 0.15) is 8.07 Å². The van der Waals surface area contributed by atoms with Crippen LogP contribution >= 0.6 is 0 Å². The normalized spacial score (nSPS) is 15.8. The van der Waals surface area contributed by atoms with Gasteiger partial charge in [-0.15, -0.1) is 0 Å². The summed E-state index contributed by atoms with van der Waals surface area (Å²) in [5.41, 5.74) is 17.1. The molecule has 9 rings (SSSR count). The van der Waals surface area contributed by atoms with Gasteiger partial charge in [0.05, 0.1) is 5.69 Å². The van der Waals surface area contributed by atoms with E-state index in [9.17, 15) is 0 Å². The van der Waals surface area contributed by atoms with E-state index in [0.29, 0.717) is 0 Å². The Morgan fingerprint density at radius 3 is 2.20 bits per heavy atom. The molecular weight excluding hydrogens is 559 g/mol. The maximum Gasteiger partial charge on any atom is 0.198 e. The summed E-state index contributed by atoms with van der Waals surface area (Å²) in [4.78, 5) is 2.58. The monoisotopic (exact) mass is 594 g/mol. The predicted octanol–water partition coefficient (Wildman–Crippen LogP) is 7.71. The van der Waals surface area contributed by atoms with Crippen LogP contribution in [0.5, 0.6) is 0 Å². The second-order valence-corrected chi connectivity index (χ2v) is 18.2. The zero-order valence-electron chi connectivity index (χ0n) is 26.3. The van der Waals surface area contributed by atoms with Crippen LogP contribution in [0.1, 0.15) is 25.0 Å². The number of fused-ring (bicyclic) bond motifs is 6. The molecule has 3 aliphatic rings. The number of hydrogen-bond donors (Lipinski definition) is 1. The van der Waals surface area contributed by atoms with Gasteiger partial charge in [0.15, 0.2) is 7.28 Å². The molecule has 0 aromatic heterocycles. The Bertz CT molecular complexity index is 2180. The highest BCUT2D eigenvalue weighted by atomic mass is 28.3. The van der Waals surface area contributed by atoms with Crippen LogP contribution < -0.4 is 31.5 Å². The second-order valence-electron chi connectivity index (χ2n) is 13.9. The van der Waals surface area contributed by atoms with Gasteiger partial charge in [-0.25, -0.2) is 0 Å². The molecule has 0 unspecified atom stereocenters. The van der Waals surface area contributed by atoms with Crippen molar-refractivity contribution in [3.63, 3.8) is 0 Å². The third kappa shape index (κ3) is 3.69. The van der Waals surface area contributed by atoms with Crippen LogP contribution in [0.25, 0.3) is 22.3 Å². The highest BCUT2D eigenvalue weighted by Gasteiger charge is 2.42. The predicted molar refractivity (Wildman–Crippen MR) is 197 cm³/mol. The number of nitrogens with one attached hydrogen (secondary N) is 1. The van der Waals surface area contributed by atoms with E-state index in [1.807, 2.05) is 0 Å². The van der Waals surface area contributed by atoms with Gasteiger partial charge in [-0.2, -0.15) is 0 Å². The molecule has 0 spiro atoms.